The summed E-state index contributed by atoms with van der Waals surface area (Å²) in [6.07, 6.45) is 4.39. The molecule has 1 fully saturated rings. The van der Waals surface area contributed by atoms with Gasteiger partial charge in [-0.2, -0.15) is 4.31 Å². The van der Waals surface area contributed by atoms with Crippen molar-refractivity contribution in [1.29, 1.82) is 0 Å². The predicted molar refractivity (Wildman–Crippen MR) is 75.6 cm³/mol. The van der Waals surface area contributed by atoms with Gasteiger partial charge < -0.3 is 5.32 Å². The molecule has 5 nitrogen and oxygen atoms in total. The van der Waals surface area contributed by atoms with E-state index < -0.39 is 10.0 Å². The first-order valence-corrected chi connectivity index (χ1v) is 8.12. The summed E-state index contributed by atoms with van der Waals surface area (Å²) in [5, 5.41) is 2.88. The first kappa shape index (κ1) is 14.3. The zero-order valence-electron chi connectivity index (χ0n) is 11.5. The highest BCUT2D eigenvalue weighted by molar-refractivity contribution is 7.89. The number of hydrogen-bond acceptors (Lipinski definition) is 4. The van der Waals surface area contributed by atoms with E-state index in [9.17, 15) is 8.42 Å². The molecule has 1 aliphatic heterocycles. The lowest BCUT2D eigenvalue weighted by Gasteiger charge is -2.19. The van der Waals surface area contributed by atoms with Crippen molar-refractivity contribution in [3.05, 3.63) is 18.3 Å². The van der Waals surface area contributed by atoms with Crippen LogP contribution in [0.3, 0.4) is 0 Å². The quantitative estimate of drug-likeness (QED) is 0.921. The van der Waals surface area contributed by atoms with Gasteiger partial charge in [0.15, 0.2) is 0 Å². The van der Waals surface area contributed by atoms with Gasteiger partial charge in [0.1, 0.15) is 10.7 Å². The van der Waals surface area contributed by atoms with E-state index in [-0.39, 0.29) is 4.90 Å². The van der Waals surface area contributed by atoms with Crippen LogP contribution in [0.25, 0.3) is 0 Å². The average Bonchev–Trinajstić information content (AvgIpc) is 2.64. The maximum absolute atomic E-state index is 12.5. The van der Waals surface area contributed by atoms with Crippen LogP contribution in [0.2, 0.25) is 0 Å². The fourth-order valence-corrected chi connectivity index (χ4v) is 3.75. The summed E-state index contributed by atoms with van der Waals surface area (Å²) in [4.78, 5) is 4.36. The number of aromatic nitrogens is 1. The summed E-state index contributed by atoms with van der Waals surface area (Å²) in [6, 6.07) is 3.30. The molecule has 0 bridgehead atoms. The zero-order valence-corrected chi connectivity index (χ0v) is 12.3. The van der Waals surface area contributed by atoms with Crippen molar-refractivity contribution in [3.8, 4) is 0 Å². The van der Waals surface area contributed by atoms with Crippen molar-refractivity contribution < 1.29 is 8.42 Å². The molecular weight excluding hydrogens is 262 g/mol. The topological polar surface area (TPSA) is 62.3 Å². The van der Waals surface area contributed by atoms with Gasteiger partial charge in [0.2, 0.25) is 10.0 Å². The van der Waals surface area contributed by atoms with Crippen LogP contribution in [0.5, 0.6) is 0 Å². The second-order valence-corrected chi connectivity index (χ2v) is 7.01. The molecule has 0 aliphatic carbocycles. The van der Waals surface area contributed by atoms with Gasteiger partial charge in [0, 0.05) is 26.3 Å². The van der Waals surface area contributed by atoms with Gasteiger partial charge in [-0.1, -0.05) is 6.92 Å². The Hall–Kier alpha value is -1.14. The SMILES string of the molecule is CNc1ccc(S(=O)(=O)N2CCCC(C)CC2)cn1. The molecule has 2 heterocycles. The molecule has 0 amide bonds. The highest BCUT2D eigenvalue weighted by Crippen LogP contribution is 2.22. The number of anilines is 1. The monoisotopic (exact) mass is 283 g/mol. The number of hydrogen-bond donors (Lipinski definition) is 1. The van der Waals surface area contributed by atoms with Gasteiger partial charge in [-0.05, 0) is 37.3 Å². The first-order valence-electron chi connectivity index (χ1n) is 6.68. The van der Waals surface area contributed by atoms with Crippen LogP contribution in [-0.4, -0.2) is 37.8 Å². The molecule has 2 rings (SSSR count). The molecule has 0 saturated carbocycles. The summed E-state index contributed by atoms with van der Waals surface area (Å²) in [5.74, 6) is 1.27. The molecule has 1 N–H and O–H groups in total. The molecule has 0 spiro atoms. The molecule has 1 aromatic heterocycles. The van der Waals surface area contributed by atoms with Gasteiger partial charge in [0.25, 0.3) is 0 Å². The summed E-state index contributed by atoms with van der Waals surface area (Å²) < 4.78 is 26.6. The van der Waals surface area contributed by atoms with Gasteiger partial charge in [-0.15, -0.1) is 0 Å². The normalized spacial score (nSPS) is 21.9. The van der Waals surface area contributed by atoms with E-state index in [4.69, 9.17) is 0 Å². The lowest BCUT2D eigenvalue weighted by Crippen LogP contribution is -2.32. The van der Waals surface area contributed by atoms with Crippen LogP contribution in [0, 0.1) is 5.92 Å². The minimum absolute atomic E-state index is 0.279. The highest BCUT2D eigenvalue weighted by atomic mass is 32.2. The van der Waals surface area contributed by atoms with Crippen LogP contribution in [0.4, 0.5) is 5.82 Å². The van der Waals surface area contributed by atoms with E-state index in [1.54, 1.807) is 23.5 Å². The van der Waals surface area contributed by atoms with Crippen LogP contribution in [0.1, 0.15) is 26.2 Å². The van der Waals surface area contributed by atoms with Gasteiger partial charge >= 0.3 is 0 Å². The van der Waals surface area contributed by atoms with Crippen LogP contribution < -0.4 is 5.32 Å². The molecule has 106 valence electrons. The fourth-order valence-electron chi connectivity index (χ4n) is 2.31. The Morgan fingerprint density at radius 3 is 2.74 bits per heavy atom. The van der Waals surface area contributed by atoms with Crippen molar-refractivity contribution in [2.75, 3.05) is 25.5 Å². The van der Waals surface area contributed by atoms with Crippen molar-refractivity contribution in [3.63, 3.8) is 0 Å². The second kappa shape index (κ2) is 5.88. The van der Waals surface area contributed by atoms with Gasteiger partial charge in [-0.25, -0.2) is 13.4 Å². The minimum atomic E-state index is -3.39. The number of rotatable bonds is 3. The van der Waals surface area contributed by atoms with Gasteiger partial charge in [0.05, 0.1) is 0 Å². The fraction of sp³-hybridized carbons (Fsp3) is 0.615. The van der Waals surface area contributed by atoms with Crippen molar-refractivity contribution in [2.24, 2.45) is 5.92 Å². The summed E-state index contributed by atoms with van der Waals surface area (Å²) >= 11 is 0. The molecule has 1 aliphatic rings. The van der Waals surface area contributed by atoms with Gasteiger partial charge in [-0.3, -0.25) is 0 Å². The Bertz CT molecular complexity index is 513. The lowest BCUT2D eigenvalue weighted by atomic mass is 10.0. The maximum atomic E-state index is 12.5. The van der Waals surface area contributed by atoms with E-state index in [0.29, 0.717) is 24.8 Å². The van der Waals surface area contributed by atoms with E-state index in [0.717, 1.165) is 19.3 Å². The molecule has 1 atom stereocenters. The largest absolute Gasteiger partial charge is 0.373 e. The lowest BCUT2D eigenvalue weighted by molar-refractivity contribution is 0.416. The third-order valence-corrected chi connectivity index (χ3v) is 5.49. The maximum Gasteiger partial charge on any atom is 0.244 e. The predicted octanol–water partition coefficient (Wildman–Crippen LogP) is 1.93. The minimum Gasteiger partial charge on any atom is -0.373 e. The molecule has 1 saturated heterocycles. The molecule has 19 heavy (non-hydrogen) atoms. The summed E-state index contributed by atoms with van der Waals surface area (Å²) in [6.45, 7) is 3.40. The Morgan fingerprint density at radius 2 is 2.11 bits per heavy atom. The van der Waals surface area contributed by atoms with Crippen LogP contribution >= 0.6 is 0 Å². The van der Waals surface area contributed by atoms with Crippen LogP contribution in [-0.2, 0) is 10.0 Å². The smallest absolute Gasteiger partial charge is 0.244 e. The van der Waals surface area contributed by atoms with Crippen molar-refractivity contribution in [2.45, 2.75) is 31.1 Å². The number of sulfonamides is 1. The molecule has 1 unspecified atom stereocenters. The Balaban J connectivity index is 2.20. The van der Waals surface area contributed by atoms with Crippen LogP contribution in [0.15, 0.2) is 23.2 Å². The summed E-state index contributed by atoms with van der Waals surface area (Å²) in [7, 11) is -1.63. The number of nitrogens with one attached hydrogen (secondary N) is 1. The highest BCUT2D eigenvalue weighted by Gasteiger charge is 2.26. The molecule has 0 radical (unpaired) electrons. The van der Waals surface area contributed by atoms with E-state index >= 15 is 0 Å². The van der Waals surface area contributed by atoms with E-state index in [1.807, 2.05) is 0 Å². The number of nitrogens with zero attached hydrogens (tertiary/aromatic N) is 2. The van der Waals surface area contributed by atoms with E-state index in [2.05, 4.69) is 17.2 Å². The molecule has 0 aromatic carbocycles. The molecule has 1 aromatic rings. The van der Waals surface area contributed by atoms with Crippen molar-refractivity contribution >= 4 is 15.8 Å². The Kier molecular flexibility index (Phi) is 4.42. The third kappa shape index (κ3) is 3.25. The van der Waals surface area contributed by atoms with Crippen molar-refractivity contribution in [1.82, 2.24) is 9.29 Å². The Labute approximate surface area is 115 Å². The second-order valence-electron chi connectivity index (χ2n) is 5.07. The first-order chi connectivity index (χ1) is 9.04. The molecular formula is C13H21N3O2S. The average molecular weight is 283 g/mol. The van der Waals surface area contributed by atoms with E-state index in [1.165, 1.54) is 6.20 Å². The Morgan fingerprint density at radius 1 is 1.32 bits per heavy atom. The third-order valence-electron chi connectivity index (χ3n) is 3.61. The summed E-state index contributed by atoms with van der Waals surface area (Å²) in [5.41, 5.74) is 0. The number of pyridine rings is 1. The molecule has 6 heteroatoms. The standard InChI is InChI=1S/C13H21N3O2S/c1-11-4-3-8-16(9-7-11)19(17,18)12-5-6-13(14-2)15-10-12/h5-6,10-11H,3-4,7-9H2,1-2H3,(H,14,15). The zero-order chi connectivity index (χ0) is 13.9.